The molecule has 0 spiro atoms. The van der Waals surface area contributed by atoms with Gasteiger partial charge in [-0.05, 0) is 18.6 Å². The van der Waals surface area contributed by atoms with E-state index < -0.39 is 11.9 Å². The quantitative estimate of drug-likeness (QED) is 0.660. The van der Waals surface area contributed by atoms with Gasteiger partial charge in [0, 0.05) is 17.7 Å². The van der Waals surface area contributed by atoms with E-state index in [1.807, 2.05) is 0 Å². The highest BCUT2D eigenvalue weighted by Crippen LogP contribution is 2.29. The molecule has 0 saturated carbocycles. The predicted octanol–water partition coefficient (Wildman–Crippen LogP) is 1.59. The summed E-state index contributed by atoms with van der Waals surface area (Å²) in [6.07, 6.45) is -0.0494. The van der Waals surface area contributed by atoms with E-state index in [-0.39, 0.29) is 12.3 Å². The molecule has 4 heteroatoms. The third-order valence-electron chi connectivity index (χ3n) is 2.29. The normalized spacial score (nSPS) is 21.0. The zero-order valence-electron chi connectivity index (χ0n) is 7.46. The van der Waals surface area contributed by atoms with Crippen LogP contribution in [0.4, 0.5) is 10.1 Å². The van der Waals surface area contributed by atoms with E-state index >= 15 is 0 Å². The lowest BCUT2D eigenvalue weighted by molar-refractivity contribution is -0.116. The van der Waals surface area contributed by atoms with E-state index in [2.05, 4.69) is 5.32 Å². The molecule has 1 unspecified atom stereocenters. The molecule has 0 bridgehead atoms. The second kappa shape index (κ2) is 3.38. The molecule has 1 heterocycles. The Bertz CT molecular complexity index is 378. The van der Waals surface area contributed by atoms with Crippen LogP contribution in [0.2, 0.25) is 0 Å². The van der Waals surface area contributed by atoms with Crippen molar-refractivity contribution >= 4 is 11.6 Å². The number of carbonyl (C=O) groups excluding carboxylic acids is 1. The van der Waals surface area contributed by atoms with Gasteiger partial charge in [-0.3, -0.25) is 4.79 Å². The van der Waals surface area contributed by atoms with Crippen LogP contribution in [0.15, 0.2) is 18.2 Å². The Morgan fingerprint density at radius 3 is 3.07 bits per heavy atom. The summed E-state index contributed by atoms with van der Waals surface area (Å²) in [4.78, 5) is 11.2. The van der Waals surface area contributed by atoms with Gasteiger partial charge in [0.2, 0.25) is 5.91 Å². The minimum absolute atomic E-state index is 0.187. The van der Waals surface area contributed by atoms with Crippen LogP contribution < -0.4 is 5.32 Å². The highest BCUT2D eigenvalue weighted by Gasteiger charge is 2.20. The highest BCUT2D eigenvalue weighted by atomic mass is 19.1. The number of benzene rings is 1. The smallest absolute Gasteiger partial charge is 0.224 e. The Morgan fingerprint density at radius 1 is 1.50 bits per heavy atom. The van der Waals surface area contributed by atoms with E-state index in [1.165, 1.54) is 18.2 Å². The number of fused-ring (bicyclic) bond motifs is 1. The van der Waals surface area contributed by atoms with Crippen LogP contribution in [-0.4, -0.2) is 11.0 Å². The molecular formula is C10H10FNO2. The van der Waals surface area contributed by atoms with Crippen LogP contribution in [0.1, 0.15) is 24.5 Å². The first-order valence-corrected chi connectivity index (χ1v) is 4.44. The van der Waals surface area contributed by atoms with E-state index in [1.54, 1.807) is 0 Å². The number of rotatable bonds is 0. The van der Waals surface area contributed by atoms with Gasteiger partial charge in [-0.2, -0.15) is 0 Å². The van der Waals surface area contributed by atoms with Crippen molar-refractivity contribution in [3.63, 3.8) is 0 Å². The zero-order chi connectivity index (χ0) is 10.1. The Kier molecular flexibility index (Phi) is 2.21. The molecule has 2 N–H and O–H groups in total. The highest BCUT2D eigenvalue weighted by molar-refractivity contribution is 5.92. The lowest BCUT2D eigenvalue weighted by Gasteiger charge is -2.10. The van der Waals surface area contributed by atoms with Crippen LogP contribution in [0.3, 0.4) is 0 Å². The van der Waals surface area contributed by atoms with Gasteiger partial charge in [0.25, 0.3) is 0 Å². The maximum absolute atomic E-state index is 12.8. The van der Waals surface area contributed by atoms with Crippen LogP contribution >= 0.6 is 0 Å². The molecule has 1 aromatic rings. The summed E-state index contributed by atoms with van der Waals surface area (Å²) in [5.74, 6) is -0.605. The SMILES string of the molecule is O=C1CCC(O)c2ccc(F)cc2N1. The lowest BCUT2D eigenvalue weighted by Crippen LogP contribution is -2.09. The van der Waals surface area contributed by atoms with E-state index in [4.69, 9.17) is 0 Å². The van der Waals surface area contributed by atoms with Gasteiger partial charge in [0.1, 0.15) is 5.82 Å². The number of hydrogen-bond acceptors (Lipinski definition) is 2. The molecule has 1 aromatic carbocycles. The molecule has 1 atom stereocenters. The van der Waals surface area contributed by atoms with Crippen molar-refractivity contribution in [3.05, 3.63) is 29.6 Å². The van der Waals surface area contributed by atoms with Crippen LogP contribution in [0.25, 0.3) is 0 Å². The first-order valence-electron chi connectivity index (χ1n) is 4.44. The lowest BCUT2D eigenvalue weighted by atomic mass is 10.0. The molecule has 0 radical (unpaired) electrons. The van der Waals surface area contributed by atoms with Crippen LogP contribution in [0.5, 0.6) is 0 Å². The maximum atomic E-state index is 12.8. The van der Waals surface area contributed by atoms with Crippen molar-refractivity contribution in [2.45, 2.75) is 18.9 Å². The number of aliphatic hydroxyl groups is 1. The monoisotopic (exact) mass is 195 g/mol. The Morgan fingerprint density at radius 2 is 2.29 bits per heavy atom. The first-order chi connectivity index (χ1) is 6.66. The summed E-state index contributed by atoms with van der Waals surface area (Å²) < 4.78 is 12.8. The van der Waals surface area contributed by atoms with E-state index in [0.717, 1.165) is 0 Å². The Labute approximate surface area is 80.6 Å². The third kappa shape index (κ3) is 1.61. The Balaban J connectivity index is 2.46. The predicted molar refractivity (Wildman–Crippen MR) is 49.2 cm³/mol. The molecule has 2 rings (SSSR count). The molecule has 1 aliphatic rings. The molecule has 0 aromatic heterocycles. The van der Waals surface area contributed by atoms with Gasteiger partial charge < -0.3 is 10.4 Å². The number of amides is 1. The number of aliphatic hydroxyl groups excluding tert-OH is 1. The number of nitrogens with one attached hydrogen (secondary N) is 1. The van der Waals surface area contributed by atoms with E-state index in [0.29, 0.717) is 17.7 Å². The summed E-state index contributed by atoms with van der Waals surface area (Å²) in [5.41, 5.74) is 0.956. The number of anilines is 1. The van der Waals surface area contributed by atoms with Crippen LogP contribution in [-0.2, 0) is 4.79 Å². The molecule has 14 heavy (non-hydrogen) atoms. The average molecular weight is 195 g/mol. The average Bonchev–Trinajstić information content (AvgIpc) is 2.26. The molecule has 0 aliphatic carbocycles. The van der Waals surface area contributed by atoms with Gasteiger partial charge in [0.05, 0.1) is 6.10 Å². The minimum atomic E-state index is -0.690. The van der Waals surface area contributed by atoms with Crippen molar-refractivity contribution in [2.75, 3.05) is 5.32 Å². The van der Waals surface area contributed by atoms with Crippen molar-refractivity contribution in [1.82, 2.24) is 0 Å². The van der Waals surface area contributed by atoms with Gasteiger partial charge >= 0.3 is 0 Å². The summed E-state index contributed by atoms with van der Waals surface area (Å²) in [5, 5.41) is 12.2. The number of halogens is 1. The molecular weight excluding hydrogens is 185 g/mol. The fourth-order valence-corrected chi connectivity index (χ4v) is 1.56. The summed E-state index contributed by atoms with van der Waals surface area (Å²) >= 11 is 0. The summed E-state index contributed by atoms with van der Waals surface area (Å²) in [7, 11) is 0. The minimum Gasteiger partial charge on any atom is -0.388 e. The molecule has 74 valence electrons. The first kappa shape index (κ1) is 9.15. The van der Waals surface area contributed by atoms with E-state index in [9.17, 15) is 14.3 Å². The van der Waals surface area contributed by atoms with Crippen molar-refractivity contribution in [3.8, 4) is 0 Å². The number of hydrogen-bond donors (Lipinski definition) is 2. The van der Waals surface area contributed by atoms with Crippen LogP contribution in [0, 0.1) is 5.82 Å². The largest absolute Gasteiger partial charge is 0.388 e. The fourth-order valence-electron chi connectivity index (χ4n) is 1.56. The molecule has 1 amide bonds. The topological polar surface area (TPSA) is 49.3 Å². The Hall–Kier alpha value is -1.42. The van der Waals surface area contributed by atoms with Crippen molar-refractivity contribution in [1.29, 1.82) is 0 Å². The van der Waals surface area contributed by atoms with Crippen molar-refractivity contribution in [2.24, 2.45) is 0 Å². The second-order valence-electron chi connectivity index (χ2n) is 3.33. The van der Waals surface area contributed by atoms with Gasteiger partial charge in [-0.1, -0.05) is 6.07 Å². The molecule has 0 saturated heterocycles. The third-order valence-corrected chi connectivity index (χ3v) is 2.29. The molecule has 3 nitrogen and oxygen atoms in total. The summed E-state index contributed by atoms with van der Waals surface area (Å²) in [6.45, 7) is 0. The summed E-state index contributed by atoms with van der Waals surface area (Å²) in [6, 6.07) is 4.00. The van der Waals surface area contributed by atoms with Crippen molar-refractivity contribution < 1.29 is 14.3 Å². The maximum Gasteiger partial charge on any atom is 0.224 e. The zero-order valence-corrected chi connectivity index (χ0v) is 7.46. The second-order valence-corrected chi connectivity index (χ2v) is 3.33. The van der Waals surface area contributed by atoms with Gasteiger partial charge in [-0.15, -0.1) is 0 Å². The molecule has 1 aliphatic heterocycles. The van der Waals surface area contributed by atoms with Gasteiger partial charge in [-0.25, -0.2) is 4.39 Å². The standard InChI is InChI=1S/C10H10FNO2/c11-6-1-2-7-8(5-6)12-10(14)4-3-9(7)13/h1-2,5,9,13H,3-4H2,(H,12,14). The fraction of sp³-hybridized carbons (Fsp3) is 0.300. The number of carbonyl (C=O) groups is 1. The molecule has 0 fully saturated rings. The van der Waals surface area contributed by atoms with Gasteiger partial charge in [0.15, 0.2) is 0 Å².